The van der Waals surface area contributed by atoms with Crippen molar-refractivity contribution in [2.75, 3.05) is 18.9 Å². The largest absolute Gasteiger partial charge is 0.458 e. The number of carbonyl (C=O) groups is 6. The number of cyclic esters (lactones) is 1. The first-order valence-electron chi connectivity index (χ1n) is 22.0. The van der Waals surface area contributed by atoms with Gasteiger partial charge in [0.05, 0.1) is 41.1 Å². The number of carbonyl (C=O) groups excluding carboxylic acids is 6. The zero-order valence-corrected chi connectivity index (χ0v) is 37.7. The number of primary amides is 1. The van der Waals surface area contributed by atoms with E-state index in [4.69, 9.17) is 30.7 Å². The van der Waals surface area contributed by atoms with Crippen LogP contribution in [0.1, 0.15) is 97.0 Å². The van der Waals surface area contributed by atoms with Crippen LogP contribution >= 0.6 is 0 Å². The van der Waals surface area contributed by atoms with E-state index in [0.717, 1.165) is 5.56 Å². The molecule has 3 aliphatic rings. The summed E-state index contributed by atoms with van der Waals surface area (Å²) in [6.07, 6.45) is -0.477. The fourth-order valence-corrected chi connectivity index (χ4v) is 8.81. The molecular weight excluding hydrogens is 874 g/mol. The highest BCUT2D eigenvalue weighted by Gasteiger charge is 2.46. The number of alkyl carbamates (subject to hydrolysis) is 2. The van der Waals surface area contributed by atoms with Crippen molar-refractivity contribution >= 4 is 52.6 Å². The molecule has 2 aromatic carbocycles. The van der Waals surface area contributed by atoms with Gasteiger partial charge in [-0.15, -0.1) is 0 Å². The molecule has 20 nitrogen and oxygen atoms in total. The zero-order valence-electron chi connectivity index (χ0n) is 37.7. The third-order valence-electron chi connectivity index (χ3n) is 12.7. The van der Waals surface area contributed by atoms with Gasteiger partial charge in [-0.25, -0.2) is 28.6 Å². The Morgan fingerprint density at radius 2 is 1.76 bits per heavy atom. The van der Waals surface area contributed by atoms with E-state index in [-0.39, 0.29) is 68.5 Å². The molecule has 1 aliphatic carbocycles. The van der Waals surface area contributed by atoms with Gasteiger partial charge in [0.15, 0.2) is 5.60 Å². The van der Waals surface area contributed by atoms with Crippen LogP contribution in [0.3, 0.4) is 0 Å². The first-order valence-corrected chi connectivity index (χ1v) is 22.0. The molecule has 6 amide bonds. The molecule has 4 aromatic rings. The van der Waals surface area contributed by atoms with Crippen molar-refractivity contribution in [2.45, 2.75) is 110 Å². The number of nitrogens with one attached hydrogen (secondary N) is 5. The Balaban J connectivity index is 1.14. The Morgan fingerprint density at radius 3 is 2.46 bits per heavy atom. The first kappa shape index (κ1) is 47.8. The number of aliphatic hydroxyl groups is 1. The van der Waals surface area contributed by atoms with E-state index in [2.05, 4.69) is 26.6 Å². The molecule has 4 heterocycles. The standard InChI is InChI=1S/C46H54FN9O11/c1-6-46(64)29-15-34-38-27(17-56(34)41(59)28(29)20-65-42(46)60)36-31(12-11-26-22(4)30(47)16-33(53-38)35(26)36)55-45(63)67-18-23-9-10-25(14-24(23)19-66-44(62)50-5)52-39(57)32(8-7-13-51-43(49)61)54-40(58)37(48)21(2)3/h9-10,14-16,21,31-32,37,64H,6-8,11-13,17-20,48H2,1-5H3,(H,50,62)(H,52,57)(H,54,58)(H,55,63)(H3,49,51,61)/t31-,32-,37-,46-/m0/s1. The maximum Gasteiger partial charge on any atom is 0.407 e. The summed E-state index contributed by atoms with van der Waals surface area (Å²) in [6.45, 7) is 6.09. The lowest BCUT2D eigenvalue weighted by Gasteiger charge is -2.31. The number of aromatic nitrogens is 2. The molecule has 0 bridgehead atoms. The summed E-state index contributed by atoms with van der Waals surface area (Å²) in [5.41, 5.74) is 13.4. The van der Waals surface area contributed by atoms with Crippen molar-refractivity contribution in [2.24, 2.45) is 17.4 Å². The quantitative estimate of drug-likeness (QED) is 0.0426. The van der Waals surface area contributed by atoms with Crippen LogP contribution in [0.15, 0.2) is 35.1 Å². The van der Waals surface area contributed by atoms with Gasteiger partial charge in [0.25, 0.3) is 5.56 Å². The Hall–Kier alpha value is -7.13. The molecule has 0 fully saturated rings. The van der Waals surface area contributed by atoms with E-state index in [9.17, 15) is 38.7 Å². The number of pyridine rings is 2. The summed E-state index contributed by atoms with van der Waals surface area (Å²) in [7, 11) is 1.38. The highest BCUT2D eigenvalue weighted by molar-refractivity contribution is 5.98. The lowest BCUT2D eigenvalue weighted by atomic mass is 9.81. The number of esters is 1. The number of nitrogens with zero attached hydrogens (tertiary/aromatic N) is 2. The van der Waals surface area contributed by atoms with E-state index in [0.29, 0.717) is 69.4 Å². The summed E-state index contributed by atoms with van der Waals surface area (Å²) in [5.74, 6) is -2.68. The molecule has 356 valence electrons. The maximum atomic E-state index is 15.4. The topological polar surface area (TPSA) is 297 Å². The first-order chi connectivity index (χ1) is 31.9. The zero-order chi connectivity index (χ0) is 48.5. The van der Waals surface area contributed by atoms with Crippen molar-refractivity contribution in [3.05, 3.63) is 91.0 Å². The van der Waals surface area contributed by atoms with Gasteiger partial charge < -0.3 is 61.9 Å². The number of amides is 6. The highest BCUT2D eigenvalue weighted by Crippen LogP contribution is 2.46. The smallest absolute Gasteiger partial charge is 0.407 e. The van der Waals surface area contributed by atoms with Crippen LogP contribution in [-0.2, 0) is 67.0 Å². The number of hydrogen-bond acceptors (Lipinski definition) is 13. The van der Waals surface area contributed by atoms with Gasteiger partial charge in [-0.1, -0.05) is 26.8 Å². The third kappa shape index (κ3) is 9.46. The van der Waals surface area contributed by atoms with Crippen LogP contribution in [0.5, 0.6) is 0 Å². The van der Waals surface area contributed by atoms with Gasteiger partial charge in [0.1, 0.15) is 31.7 Å². The van der Waals surface area contributed by atoms with Crippen LogP contribution in [0.25, 0.3) is 22.3 Å². The predicted molar refractivity (Wildman–Crippen MR) is 239 cm³/mol. The fraction of sp³-hybridized carbons (Fsp3) is 0.435. The van der Waals surface area contributed by atoms with Crippen LogP contribution in [0.4, 0.5) is 24.5 Å². The number of hydrogen-bond donors (Lipinski definition) is 8. The average Bonchev–Trinajstić information content (AvgIpc) is 3.67. The van der Waals surface area contributed by atoms with Crippen molar-refractivity contribution in [3.63, 3.8) is 0 Å². The minimum Gasteiger partial charge on any atom is -0.458 e. The van der Waals surface area contributed by atoms with Crippen molar-refractivity contribution in [1.29, 1.82) is 0 Å². The molecule has 0 spiro atoms. The van der Waals surface area contributed by atoms with E-state index in [1.54, 1.807) is 45.9 Å². The third-order valence-corrected chi connectivity index (χ3v) is 12.7. The maximum absolute atomic E-state index is 15.4. The van der Waals surface area contributed by atoms with Crippen LogP contribution in [-0.4, -0.2) is 76.3 Å². The molecule has 7 rings (SSSR count). The lowest BCUT2D eigenvalue weighted by molar-refractivity contribution is -0.172. The molecule has 0 saturated carbocycles. The molecule has 10 N–H and O–H groups in total. The van der Waals surface area contributed by atoms with Crippen LogP contribution in [0, 0.1) is 18.7 Å². The molecule has 0 saturated heterocycles. The summed E-state index contributed by atoms with van der Waals surface area (Å²) in [6, 6.07) is 4.16. The molecular formula is C46H54FN9O11. The number of urea groups is 1. The number of rotatable bonds is 15. The second-order valence-corrected chi connectivity index (χ2v) is 17.2. The van der Waals surface area contributed by atoms with Gasteiger partial charge in [0, 0.05) is 41.9 Å². The fourth-order valence-electron chi connectivity index (χ4n) is 8.81. The van der Waals surface area contributed by atoms with Crippen molar-refractivity contribution in [1.82, 2.24) is 30.8 Å². The number of halogens is 1. The molecule has 67 heavy (non-hydrogen) atoms. The molecule has 2 aliphatic heterocycles. The molecule has 0 unspecified atom stereocenters. The molecule has 0 radical (unpaired) electrons. The molecule has 2 aromatic heterocycles. The van der Waals surface area contributed by atoms with E-state index in [1.165, 1.54) is 23.7 Å². The minimum atomic E-state index is -2.06. The molecule has 21 heteroatoms. The highest BCUT2D eigenvalue weighted by atomic mass is 19.1. The average molecular weight is 928 g/mol. The van der Waals surface area contributed by atoms with Gasteiger partial charge in [-0.3, -0.25) is 14.4 Å². The number of aryl methyl sites for hydroxylation is 1. The number of benzene rings is 2. The Kier molecular flexibility index (Phi) is 13.8. The van der Waals surface area contributed by atoms with Crippen molar-refractivity contribution in [3.8, 4) is 11.4 Å². The Morgan fingerprint density at radius 1 is 1.03 bits per heavy atom. The summed E-state index contributed by atoms with van der Waals surface area (Å²) >= 11 is 0. The van der Waals surface area contributed by atoms with E-state index < -0.39 is 71.1 Å². The molecule has 4 atom stereocenters. The van der Waals surface area contributed by atoms with E-state index >= 15 is 4.39 Å². The number of anilines is 1. The SMILES string of the molecule is CC[C@@]1(O)C(=O)OCc2c1cc1n(c2=O)Cc2c-1nc1cc(F)c(C)c3c1c2[C@@H](NC(=O)OCc1ccc(NC(=O)[C@H](CCCNC(N)=O)NC(=O)[C@@H](N)C(C)C)cc1COC(=O)NC)CC3. The minimum absolute atomic E-state index is 0.0410. The summed E-state index contributed by atoms with van der Waals surface area (Å²) in [4.78, 5) is 95.3. The monoisotopic (exact) mass is 927 g/mol. The Bertz CT molecular complexity index is 2760. The second kappa shape index (κ2) is 19.4. The summed E-state index contributed by atoms with van der Waals surface area (Å²) < 4.78 is 33.2. The Labute approximate surface area is 383 Å². The number of fused-ring (bicyclic) bond motifs is 5. The van der Waals surface area contributed by atoms with Crippen LogP contribution < -0.4 is 43.6 Å². The normalized spacial score (nSPS) is 17.6. The van der Waals surface area contributed by atoms with E-state index in [1.807, 2.05) is 0 Å². The second-order valence-electron chi connectivity index (χ2n) is 17.2. The summed E-state index contributed by atoms with van der Waals surface area (Å²) in [5, 5.41) is 25.3. The number of ether oxygens (including phenoxy) is 3. The van der Waals surface area contributed by atoms with Gasteiger partial charge >= 0.3 is 24.2 Å². The van der Waals surface area contributed by atoms with Gasteiger partial charge in [0.2, 0.25) is 11.8 Å². The van der Waals surface area contributed by atoms with Crippen LogP contribution in [0.2, 0.25) is 0 Å². The van der Waals surface area contributed by atoms with Gasteiger partial charge in [-0.2, -0.15) is 0 Å². The van der Waals surface area contributed by atoms with Gasteiger partial charge in [-0.05, 0) is 91.0 Å². The number of nitrogens with two attached hydrogens (primary N) is 2. The van der Waals surface area contributed by atoms with Crippen molar-refractivity contribution < 1.29 is 52.5 Å². The lowest BCUT2D eigenvalue weighted by Crippen LogP contribution is -2.51. The predicted octanol–water partition coefficient (Wildman–Crippen LogP) is 3.15.